The second-order valence-corrected chi connectivity index (χ2v) is 18.3. The summed E-state index contributed by atoms with van der Waals surface area (Å²) >= 11 is 0. The molecular formula is C44H69N7O12. The second kappa shape index (κ2) is 21.4. The highest BCUT2D eigenvalue weighted by atomic mass is 16.7. The molecular weight excluding hydrogens is 819 g/mol. The lowest BCUT2D eigenvalue weighted by Gasteiger charge is -2.47. The van der Waals surface area contributed by atoms with Crippen LogP contribution in [-0.4, -0.2) is 152 Å². The molecule has 4 N–H and O–H groups in total. The van der Waals surface area contributed by atoms with Crippen molar-refractivity contribution < 1.29 is 53.6 Å². The number of aliphatic hydroxyl groups excluding tert-OH is 2. The molecule has 19 nitrogen and oxygen atoms in total. The molecule has 2 aromatic rings. The van der Waals surface area contributed by atoms with Crippen LogP contribution in [0.1, 0.15) is 92.3 Å². The maximum absolute atomic E-state index is 14.4. The second-order valence-electron chi connectivity index (χ2n) is 18.3. The largest absolute Gasteiger partial charge is 0.459 e. The third-order valence-electron chi connectivity index (χ3n) is 13.4. The summed E-state index contributed by atoms with van der Waals surface area (Å²) < 4.78 is 26.9. The van der Waals surface area contributed by atoms with Gasteiger partial charge in [0.25, 0.3) is 5.69 Å². The summed E-state index contributed by atoms with van der Waals surface area (Å²) in [7, 11) is 3.40. The molecule has 63 heavy (non-hydrogen) atoms. The fourth-order valence-corrected chi connectivity index (χ4v) is 9.29. The Bertz CT molecular complexity index is 1870. The van der Waals surface area contributed by atoms with E-state index in [1.54, 1.807) is 44.5 Å². The minimum atomic E-state index is -1.92. The minimum Gasteiger partial charge on any atom is -0.459 e. The predicted octanol–water partition coefficient (Wildman–Crippen LogP) is 3.05. The van der Waals surface area contributed by atoms with Crippen molar-refractivity contribution in [3.63, 3.8) is 0 Å². The quantitative estimate of drug-likeness (QED) is 0.0978. The number of rotatable bonds is 13. The molecule has 352 valence electrons. The first-order chi connectivity index (χ1) is 29.7. The number of ether oxygens (including phenoxy) is 4. The Balaban J connectivity index is 1.39. The van der Waals surface area contributed by atoms with Crippen LogP contribution in [0.4, 0.5) is 5.69 Å². The number of cyclic esters (lactones) is 1. The Morgan fingerprint density at radius 2 is 1.81 bits per heavy atom. The van der Waals surface area contributed by atoms with E-state index < -0.39 is 88.3 Å². The van der Waals surface area contributed by atoms with Gasteiger partial charge in [-0.05, 0) is 66.1 Å². The molecule has 0 radical (unpaired) electrons. The highest BCUT2D eigenvalue weighted by Gasteiger charge is 2.52. The molecule has 19 heteroatoms. The molecule has 4 heterocycles. The predicted molar refractivity (Wildman–Crippen MR) is 230 cm³/mol. The number of esters is 1. The normalized spacial score (nSPS) is 36.9. The zero-order valence-electron chi connectivity index (χ0n) is 38.4. The Morgan fingerprint density at radius 1 is 1.11 bits per heavy atom. The van der Waals surface area contributed by atoms with Gasteiger partial charge in [-0.15, -0.1) is 5.10 Å². The van der Waals surface area contributed by atoms with Crippen LogP contribution in [0.2, 0.25) is 0 Å². The van der Waals surface area contributed by atoms with Crippen molar-refractivity contribution in [2.24, 2.45) is 28.8 Å². The molecule has 0 spiro atoms. The third-order valence-corrected chi connectivity index (χ3v) is 13.4. The van der Waals surface area contributed by atoms with Crippen LogP contribution in [0.5, 0.6) is 0 Å². The van der Waals surface area contributed by atoms with Gasteiger partial charge in [-0.1, -0.05) is 50.2 Å². The van der Waals surface area contributed by atoms with E-state index in [1.807, 2.05) is 32.0 Å². The molecule has 0 amide bonds. The Labute approximate surface area is 369 Å². The van der Waals surface area contributed by atoms with Crippen molar-refractivity contribution in [2.75, 3.05) is 33.8 Å². The molecule has 3 fully saturated rings. The number of nitrogens with zero attached hydrogens (tertiary/aromatic N) is 6. The summed E-state index contributed by atoms with van der Waals surface area (Å²) in [6.45, 7) is 15.9. The summed E-state index contributed by atoms with van der Waals surface area (Å²) in [4.78, 5) is 46.7. The first-order valence-electron chi connectivity index (χ1n) is 22.2. The fourth-order valence-electron chi connectivity index (χ4n) is 9.29. The number of aliphatic hydroxyl groups is 3. The van der Waals surface area contributed by atoms with Crippen molar-refractivity contribution in [3.05, 3.63) is 51.8 Å². The van der Waals surface area contributed by atoms with Crippen LogP contribution in [0.3, 0.4) is 0 Å². The lowest BCUT2D eigenvalue weighted by atomic mass is 9.74. The van der Waals surface area contributed by atoms with E-state index in [9.17, 15) is 35.0 Å². The molecule has 3 saturated heterocycles. The molecule has 0 aliphatic carbocycles. The van der Waals surface area contributed by atoms with Gasteiger partial charge in [0.2, 0.25) is 0 Å². The highest BCUT2D eigenvalue weighted by molar-refractivity contribution is 6.00. The SMILES string of the molecule is CC[C@H]1OC(=O)[C@H](C)C(=O)[C@H](C)[C@@H](O[C@@H]2O[C@H](C)C[C@H](N(C)CCc3cn(Cc4ccc([N+](=O)[O-])cc4)nn3)[C@H]2O)[C@](C)(OC)C[C@@H](C)/C(=N\O[C@@H]2CCNC2)[C@H](C)[C@@H](O)[C@]1(C)O. The number of oxime groups is 1. The van der Waals surface area contributed by atoms with E-state index in [4.69, 9.17) is 23.8 Å². The zero-order valence-corrected chi connectivity index (χ0v) is 38.4. The molecule has 14 atom stereocenters. The third kappa shape index (κ3) is 11.9. The molecule has 0 saturated carbocycles. The van der Waals surface area contributed by atoms with E-state index in [-0.39, 0.29) is 30.7 Å². The van der Waals surface area contributed by atoms with Crippen molar-refractivity contribution in [1.82, 2.24) is 25.2 Å². The highest BCUT2D eigenvalue weighted by Crippen LogP contribution is 2.39. The van der Waals surface area contributed by atoms with E-state index in [0.29, 0.717) is 38.2 Å². The summed E-state index contributed by atoms with van der Waals surface area (Å²) in [5.74, 6) is -4.87. The number of hydrogen-bond acceptors (Lipinski definition) is 17. The van der Waals surface area contributed by atoms with Crippen molar-refractivity contribution in [3.8, 4) is 0 Å². The molecule has 3 aliphatic heterocycles. The number of nitro groups is 1. The fraction of sp³-hybridized carbons (Fsp3) is 0.750. The van der Waals surface area contributed by atoms with Gasteiger partial charge >= 0.3 is 5.97 Å². The number of carbonyl (C=O) groups is 2. The van der Waals surface area contributed by atoms with Crippen LogP contribution in [0.25, 0.3) is 0 Å². The smallest absolute Gasteiger partial charge is 0.316 e. The lowest BCUT2D eigenvalue weighted by Crippen LogP contribution is -2.60. The zero-order chi connectivity index (χ0) is 46.4. The minimum absolute atomic E-state index is 0.0113. The van der Waals surface area contributed by atoms with E-state index in [0.717, 1.165) is 24.2 Å². The Morgan fingerprint density at radius 3 is 2.43 bits per heavy atom. The molecule has 1 aromatic heterocycles. The molecule has 3 aliphatic rings. The summed E-state index contributed by atoms with van der Waals surface area (Å²) in [6, 6.07) is 5.84. The van der Waals surface area contributed by atoms with E-state index in [1.165, 1.54) is 33.1 Å². The number of aromatic nitrogens is 3. The van der Waals surface area contributed by atoms with Gasteiger partial charge in [0.15, 0.2) is 12.1 Å². The van der Waals surface area contributed by atoms with Gasteiger partial charge in [-0.3, -0.25) is 19.7 Å². The Hall–Kier alpha value is -3.95. The van der Waals surface area contributed by atoms with Gasteiger partial charge in [0.1, 0.15) is 29.8 Å². The van der Waals surface area contributed by atoms with Crippen molar-refractivity contribution in [1.29, 1.82) is 0 Å². The first kappa shape index (κ1) is 50.1. The summed E-state index contributed by atoms with van der Waals surface area (Å²) in [5, 5.41) is 63.1. The molecule has 0 unspecified atom stereocenters. The number of methoxy groups -OCH3 is 1. The summed E-state index contributed by atoms with van der Waals surface area (Å²) in [5.41, 5.74) is -1.18. The first-order valence-corrected chi connectivity index (χ1v) is 22.2. The monoisotopic (exact) mass is 888 g/mol. The average molecular weight is 888 g/mol. The van der Waals surface area contributed by atoms with E-state index >= 15 is 0 Å². The lowest BCUT2D eigenvalue weighted by molar-refractivity contribution is -0.384. The van der Waals surface area contributed by atoms with Gasteiger partial charge in [-0.25, -0.2) is 4.68 Å². The number of Topliss-reactive ketones (excluding diaryl/α,β-unsaturated/α-hetero) is 1. The topological polar surface area (TPSA) is 242 Å². The van der Waals surface area contributed by atoms with Crippen LogP contribution < -0.4 is 5.32 Å². The number of non-ortho nitro benzene ring substituents is 1. The maximum Gasteiger partial charge on any atom is 0.316 e. The van der Waals surface area contributed by atoms with Gasteiger partial charge < -0.3 is 49.3 Å². The number of nitro benzene ring substituents is 1. The van der Waals surface area contributed by atoms with Gasteiger partial charge in [0.05, 0.1) is 46.8 Å². The average Bonchev–Trinajstić information content (AvgIpc) is 3.95. The summed E-state index contributed by atoms with van der Waals surface area (Å²) in [6.07, 6.45) is -2.72. The molecule has 1 aromatic carbocycles. The van der Waals surface area contributed by atoms with Crippen LogP contribution in [-0.2, 0) is 46.3 Å². The number of likely N-dealkylation sites (N-methyl/N-ethyl adjacent to an activating group) is 1. The van der Waals surface area contributed by atoms with E-state index in [2.05, 4.69) is 20.8 Å². The van der Waals surface area contributed by atoms with Gasteiger partial charge in [0, 0.05) is 75.2 Å². The molecule has 5 rings (SSSR count). The van der Waals surface area contributed by atoms with Crippen molar-refractivity contribution >= 4 is 23.2 Å². The number of hydrogen-bond donors (Lipinski definition) is 4. The standard InChI is InChI=1S/C44H69N7O12/c1-11-35-44(8,56)39(54)27(4)36(47-63-33-16-18-45-22-33)25(2)21-43(7,59-10)40(28(5)37(52)29(6)41(55)61-35)62-42-38(53)34(20-26(3)60-42)49(9)19-17-31-24-50(48-46-31)23-30-12-14-32(15-13-30)51(57)58/h12-15,24-29,33-35,38-40,42,45,53-54,56H,11,16-23H2,1-10H3/b47-36+/t25-,26-,27+,28+,29-,33-,34+,35-,38-,39-,40-,42+,43-,44-/m1/s1. The number of carbonyl (C=O) groups excluding carboxylic acids is 2. The van der Waals surface area contributed by atoms with Gasteiger partial charge in [-0.2, -0.15) is 0 Å². The van der Waals surface area contributed by atoms with Crippen LogP contribution in [0.15, 0.2) is 35.6 Å². The Kier molecular flexibility index (Phi) is 17.0. The number of ketones is 1. The van der Waals surface area contributed by atoms with Crippen molar-refractivity contribution in [2.45, 2.75) is 154 Å². The van der Waals surface area contributed by atoms with Crippen LogP contribution in [0, 0.1) is 33.8 Å². The molecule has 0 bridgehead atoms. The van der Waals surface area contributed by atoms with Crippen LogP contribution >= 0.6 is 0 Å². The maximum atomic E-state index is 14.4. The number of nitrogens with one attached hydrogen (secondary N) is 1. The number of benzene rings is 1.